The molecule has 6 rings (SSSR count). The highest BCUT2D eigenvalue weighted by molar-refractivity contribution is 5.88. The van der Waals surface area contributed by atoms with Crippen LogP contribution in [0.3, 0.4) is 0 Å². The van der Waals surface area contributed by atoms with Crippen LogP contribution in [0.2, 0.25) is 0 Å². The maximum Gasteiger partial charge on any atom is 0.0751 e. The van der Waals surface area contributed by atoms with E-state index in [0.29, 0.717) is 6.04 Å². The zero-order valence-electron chi connectivity index (χ0n) is 18.0. The fraction of sp³-hybridized carbons (Fsp3) is 0.111. The van der Waals surface area contributed by atoms with Crippen molar-refractivity contribution in [2.24, 2.45) is 0 Å². The van der Waals surface area contributed by atoms with Crippen LogP contribution in [0.15, 0.2) is 60.7 Å². The second kappa shape index (κ2) is 7.24. The number of hydrogen-bond acceptors (Lipinski definition) is 3. The highest BCUT2D eigenvalue weighted by atomic mass is 15.1. The maximum atomic E-state index is 4.98. The van der Waals surface area contributed by atoms with Crippen molar-refractivity contribution in [2.75, 3.05) is 7.05 Å². The second-order valence-electron chi connectivity index (χ2n) is 8.34. The Bertz CT molecular complexity index is 1510. The number of likely N-dealkylation sites (N-methyl/N-ethyl adjacent to an activating group) is 1. The molecular formula is C27H23N5. The molecule has 0 aromatic carbocycles. The molecule has 0 amide bonds. The third-order valence-corrected chi connectivity index (χ3v) is 6.11. The van der Waals surface area contributed by atoms with Crippen molar-refractivity contribution in [3.8, 4) is 0 Å². The van der Waals surface area contributed by atoms with Gasteiger partial charge in [0.1, 0.15) is 0 Å². The molecule has 5 heteroatoms. The first kappa shape index (κ1) is 18.6. The minimum absolute atomic E-state index is 0.311. The summed E-state index contributed by atoms with van der Waals surface area (Å²) in [5, 5.41) is 0. The Balaban J connectivity index is 1.70. The smallest absolute Gasteiger partial charge is 0.0751 e. The Hall–Kier alpha value is -4.12. The Morgan fingerprint density at radius 2 is 1.41 bits per heavy atom. The summed E-state index contributed by atoms with van der Waals surface area (Å²) >= 11 is 0. The highest BCUT2D eigenvalue weighted by Gasteiger charge is 2.20. The molecule has 1 unspecified atom stereocenters. The minimum Gasteiger partial charge on any atom is -0.368 e. The number of aromatic amines is 2. The summed E-state index contributed by atoms with van der Waals surface area (Å²) < 4.78 is 0. The highest BCUT2D eigenvalue weighted by Crippen LogP contribution is 2.31. The third kappa shape index (κ3) is 3.28. The minimum atomic E-state index is 0.311. The first-order chi connectivity index (χ1) is 15.6. The van der Waals surface area contributed by atoms with E-state index in [0.717, 1.165) is 56.1 Å². The molecule has 1 atom stereocenters. The molecule has 0 radical (unpaired) electrons. The molecule has 3 aliphatic heterocycles. The number of fused-ring (bicyclic) bond motifs is 8. The van der Waals surface area contributed by atoms with Crippen molar-refractivity contribution in [1.82, 2.24) is 24.8 Å². The van der Waals surface area contributed by atoms with E-state index in [2.05, 4.69) is 102 Å². The van der Waals surface area contributed by atoms with Crippen molar-refractivity contribution >= 4 is 52.1 Å². The molecule has 0 aliphatic carbocycles. The maximum absolute atomic E-state index is 4.98. The molecule has 32 heavy (non-hydrogen) atoms. The van der Waals surface area contributed by atoms with Gasteiger partial charge in [0.15, 0.2) is 0 Å². The first-order valence-corrected chi connectivity index (χ1v) is 10.8. The molecule has 156 valence electrons. The lowest BCUT2D eigenvalue weighted by atomic mass is 10.0. The van der Waals surface area contributed by atoms with E-state index in [4.69, 9.17) is 9.97 Å². The topological polar surface area (TPSA) is 60.6 Å². The normalized spacial score (nSPS) is 17.1. The lowest BCUT2D eigenvalue weighted by molar-refractivity contribution is 0.426. The van der Waals surface area contributed by atoms with E-state index in [1.807, 2.05) is 12.2 Å². The number of hydrogen-bond donors (Lipinski definition) is 2. The molecule has 0 fully saturated rings. The summed E-state index contributed by atoms with van der Waals surface area (Å²) in [6.07, 6.45) is 14.7. The van der Waals surface area contributed by atoms with Crippen LogP contribution in [-0.4, -0.2) is 37.9 Å². The summed E-state index contributed by atoms with van der Waals surface area (Å²) in [5.41, 5.74) is 10.0. The molecule has 0 saturated carbocycles. The van der Waals surface area contributed by atoms with Gasteiger partial charge in [0.05, 0.1) is 28.3 Å². The zero-order valence-corrected chi connectivity index (χ0v) is 18.0. The predicted octanol–water partition coefficient (Wildman–Crippen LogP) is 5.89. The third-order valence-electron chi connectivity index (χ3n) is 6.11. The van der Waals surface area contributed by atoms with E-state index < -0.39 is 0 Å². The van der Waals surface area contributed by atoms with Gasteiger partial charge in [-0.05, 0) is 79.8 Å². The quantitative estimate of drug-likeness (QED) is 0.358. The van der Waals surface area contributed by atoms with Gasteiger partial charge in [-0.15, -0.1) is 0 Å². The van der Waals surface area contributed by atoms with Gasteiger partial charge in [0.25, 0.3) is 0 Å². The number of rotatable bonds is 1. The molecule has 3 aromatic heterocycles. The van der Waals surface area contributed by atoms with Gasteiger partial charge in [-0.25, -0.2) is 9.97 Å². The lowest BCUT2D eigenvalue weighted by Crippen LogP contribution is -2.28. The average Bonchev–Trinajstić information content (AvgIpc) is 3.56. The largest absolute Gasteiger partial charge is 0.368 e. The number of H-pyrrole nitrogens is 2. The van der Waals surface area contributed by atoms with E-state index in [1.165, 1.54) is 0 Å². The van der Waals surface area contributed by atoms with Gasteiger partial charge in [-0.3, -0.25) is 0 Å². The van der Waals surface area contributed by atoms with Crippen molar-refractivity contribution in [1.29, 1.82) is 0 Å². The standard InChI is InChI=1S/C27H23N5/c1-17-4-3-5-26(32(17)2)27-24-12-10-22(30-24)15-20-8-6-18(28-20)14-19-7-9-21(29-19)16-23-11-13-25(27)31-23/h3-17,28,31H,1-2H3. The fourth-order valence-electron chi connectivity index (χ4n) is 4.31. The summed E-state index contributed by atoms with van der Waals surface area (Å²) in [6, 6.07) is 14.9. The summed E-state index contributed by atoms with van der Waals surface area (Å²) in [5.74, 6) is 0. The van der Waals surface area contributed by atoms with Crippen LogP contribution in [0, 0.1) is 0 Å². The van der Waals surface area contributed by atoms with E-state index >= 15 is 0 Å². The van der Waals surface area contributed by atoms with Crippen LogP contribution in [0.1, 0.15) is 35.3 Å². The summed E-state index contributed by atoms with van der Waals surface area (Å²) in [6.45, 7) is 2.20. The zero-order chi connectivity index (χ0) is 21.7. The molecule has 6 heterocycles. The first-order valence-electron chi connectivity index (χ1n) is 10.8. The molecular weight excluding hydrogens is 394 g/mol. The Morgan fingerprint density at radius 1 is 0.781 bits per heavy atom. The molecule has 8 bridgehead atoms. The molecule has 3 aliphatic rings. The van der Waals surface area contributed by atoms with Crippen LogP contribution in [0.5, 0.6) is 0 Å². The van der Waals surface area contributed by atoms with Crippen molar-refractivity contribution in [3.05, 3.63) is 89.0 Å². The van der Waals surface area contributed by atoms with Crippen LogP contribution >= 0.6 is 0 Å². The number of allylic oxidation sites excluding steroid dienone is 2. The van der Waals surface area contributed by atoms with Crippen LogP contribution in [0.25, 0.3) is 52.1 Å². The number of aromatic nitrogens is 4. The van der Waals surface area contributed by atoms with Gasteiger partial charge >= 0.3 is 0 Å². The van der Waals surface area contributed by atoms with Gasteiger partial charge in [0.2, 0.25) is 0 Å². The number of nitrogens with one attached hydrogen (secondary N) is 2. The Labute approximate surface area is 186 Å². The van der Waals surface area contributed by atoms with Crippen LogP contribution in [0.4, 0.5) is 0 Å². The van der Waals surface area contributed by atoms with Gasteiger partial charge in [-0.1, -0.05) is 12.2 Å². The predicted molar refractivity (Wildman–Crippen MR) is 133 cm³/mol. The van der Waals surface area contributed by atoms with E-state index in [9.17, 15) is 0 Å². The van der Waals surface area contributed by atoms with Gasteiger partial charge < -0.3 is 14.9 Å². The SMILES string of the molecule is CC1C=CC=C(c2c3nc(cc4ccc(cc5nc(cc6ccc2[nH]6)C=C5)[nH]4)C=C3)N1C. The van der Waals surface area contributed by atoms with E-state index in [1.54, 1.807) is 0 Å². The van der Waals surface area contributed by atoms with Crippen molar-refractivity contribution in [3.63, 3.8) is 0 Å². The Morgan fingerprint density at radius 3 is 2.16 bits per heavy atom. The molecule has 5 nitrogen and oxygen atoms in total. The van der Waals surface area contributed by atoms with Crippen molar-refractivity contribution < 1.29 is 0 Å². The van der Waals surface area contributed by atoms with E-state index in [-0.39, 0.29) is 0 Å². The number of nitrogens with zero attached hydrogens (tertiary/aromatic N) is 3. The summed E-state index contributed by atoms with van der Waals surface area (Å²) in [4.78, 5) is 19.0. The lowest BCUT2D eigenvalue weighted by Gasteiger charge is -2.30. The molecule has 3 aromatic rings. The second-order valence-corrected chi connectivity index (χ2v) is 8.34. The Kier molecular flexibility index (Phi) is 4.21. The average molecular weight is 418 g/mol. The van der Waals surface area contributed by atoms with Gasteiger partial charge in [0, 0.05) is 40.9 Å². The molecule has 2 N–H and O–H groups in total. The van der Waals surface area contributed by atoms with Crippen molar-refractivity contribution in [2.45, 2.75) is 13.0 Å². The van der Waals surface area contributed by atoms with Crippen LogP contribution in [-0.2, 0) is 0 Å². The van der Waals surface area contributed by atoms with Gasteiger partial charge in [-0.2, -0.15) is 0 Å². The summed E-state index contributed by atoms with van der Waals surface area (Å²) in [7, 11) is 2.13. The molecule has 0 saturated heterocycles. The van der Waals surface area contributed by atoms with Crippen LogP contribution < -0.4 is 0 Å². The fourth-order valence-corrected chi connectivity index (χ4v) is 4.31. The monoisotopic (exact) mass is 417 g/mol. The molecule has 0 spiro atoms.